The second-order valence-corrected chi connectivity index (χ2v) is 6.91. The van der Waals surface area contributed by atoms with Crippen LogP contribution in [0.3, 0.4) is 0 Å². The fourth-order valence-electron chi connectivity index (χ4n) is 2.34. The second-order valence-electron chi connectivity index (χ2n) is 5.34. The number of ether oxygens (including phenoxy) is 2. The number of nitriles is 1. The van der Waals surface area contributed by atoms with Crippen molar-refractivity contribution in [3.05, 3.63) is 48.5 Å². The quantitative estimate of drug-likeness (QED) is 0.679. The predicted molar refractivity (Wildman–Crippen MR) is 95.8 cm³/mol. The third-order valence-electron chi connectivity index (χ3n) is 3.61. The first-order valence-corrected chi connectivity index (χ1v) is 9.21. The van der Waals surface area contributed by atoms with Gasteiger partial charge in [0.25, 0.3) is 0 Å². The highest BCUT2D eigenvalue weighted by atomic mass is 32.2. The van der Waals surface area contributed by atoms with Crippen LogP contribution in [0.1, 0.15) is 0 Å². The lowest BCUT2D eigenvalue weighted by atomic mass is 10.2. The van der Waals surface area contributed by atoms with Crippen molar-refractivity contribution < 1.29 is 17.9 Å². The molecule has 0 saturated carbocycles. The Bertz CT molecular complexity index is 1080. The average molecular weight is 385 g/mol. The molecule has 27 heavy (non-hydrogen) atoms. The molecule has 2 aromatic carbocycles. The lowest BCUT2D eigenvalue weighted by molar-refractivity contribution is 0.338. The molecule has 0 saturated heterocycles. The molecule has 0 aliphatic rings. The van der Waals surface area contributed by atoms with Crippen LogP contribution in [0.2, 0.25) is 0 Å². The van der Waals surface area contributed by atoms with Crippen molar-refractivity contribution in [3.8, 4) is 34.9 Å². The Kier molecular flexibility index (Phi) is 5.07. The van der Waals surface area contributed by atoms with Crippen molar-refractivity contribution in [1.29, 1.82) is 5.26 Å². The SMILES string of the molecule is COc1ccc(-c2nc(OCC#N)nn2-c2ccc(S(N)(=O)=O)cc2)cc1. The van der Waals surface area contributed by atoms with Crippen LogP contribution in [-0.4, -0.2) is 36.9 Å². The molecule has 0 spiro atoms. The van der Waals surface area contributed by atoms with Gasteiger partial charge in [-0.15, -0.1) is 5.10 Å². The molecule has 3 rings (SSSR count). The normalized spacial score (nSPS) is 11.0. The summed E-state index contributed by atoms with van der Waals surface area (Å²) in [6.07, 6.45) is 0. The molecule has 2 N–H and O–H groups in total. The number of methoxy groups -OCH3 is 1. The Hall–Kier alpha value is -3.42. The largest absolute Gasteiger partial charge is 0.497 e. The van der Waals surface area contributed by atoms with Crippen molar-refractivity contribution in [3.63, 3.8) is 0 Å². The second kappa shape index (κ2) is 7.45. The topological polar surface area (TPSA) is 133 Å². The van der Waals surface area contributed by atoms with Crippen molar-refractivity contribution in [2.45, 2.75) is 4.90 Å². The molecule has 0 aliphatic carbocycles. The summed E-state index contributed by atoms with van der Waals surface area (Å²) in [7, 11) is -2.23. The van der Waals surface area contributed by atoms with Gasteiger partial charge in [-0.25, -0.2) is 18.2 Å². The average Bonchev–Trinajstić information content (AvgIpc) is 3.10. The van der Waals surface area contributed by atoms with Crippen LogP contribution in [0.15, 0.2) is 53.4 Å². The molecular weight excluding hydrogens is 370 g/mol. The molecule has 0 unspecified atom stereocenters. The zero-order chi connectivity index (χ0) is 19.4. The number of nitrogens with zero attached hydrogens (tertiary/aromatic N) is 4. The van der Waals surface area contributed by atoms with Crippen LogP contribution in [0, 0.1) is 11.3 Å². The molecule has 1 aromatic heterocycles. The summed E-state index contributed by atoms with van der Waals surface area (Å²) in [5, 5.41) is 18.1. The van der Waals surface area contributed by atoms with Crippen LogP contribution >= 0.6 is 0 Å². The first-order valence-electron chi connectivity index (χ1n) is 7.67. The zero-order valence-electron chi connectivity index (χ0n) is 14.2. The minimum atomic E-state index is -3.80. The molecule has 138 valence electrons. The first-order chi connectivity index (χ1) is 12.9. The van der Waals surface area contributed by atoms with Gasteiger partial charge in [0.15, 0.2) is 12.4 Å². The summed E-state index contributed by atoms with van der Waals surface area (Å²) in [5.74, 6) is 1.14. The molecule has 9 nitrogen and oxygen atoms in total. The molecule has 10 heteroatoms. The van der Waals surface area contributed by atoms with E-state index in [4.69, 9.17) is 19.9 Å². The Morgan fingerprint density at radius 2 is 1.81 bits per heavy atom. The molecule has 0 fully saturated rings. The fraction of sp³-hybridized carbons (Fsp3) is 0.118. The minimum Gasteiger partial charge on any atom is -0.497 e. The minimum absolute atomic E-state index is 0.0154. The molecule has 0 bridgehead atoms. The summed E-state index contributed by atoms with van der Waals surface area (Å²) in [6, 6.07) is 14.9. The summed E-state index contributed by atoms with van der Waals surface area (Å²) in [5.41, 5.74) is 1.28. The lowest BCUT2D eigenvalue weighted by Crippen LogP contribution is -2.12. The third-order valence-corrected chi connectivity index (χ3v) is 4.54. The van der Waals surface area contributed by atoms with Crippen LogP contribution in [0.25, 0.3) is 17.1 Å². The highest BCUT2D eigenvalue weighted by molar-refractivity contribution is 7.89. The fourth-order valence-corrected chi connectivity index (χ4v) is 2.85. The Morgan fingerprint density at radius 1 is 1.15 bits per heavy atom. The number of aromatic nitrogens is 3. The van der Waals surface area contributed by atoms with E-state index in [1.807, 2.05) is 6.07 Å². The van der Waals surface area contributed by atoms with E-state index < -0.39 is 10.0 Å². The van der Waals surface area contributed by atoms with E-state index in [0.717, 1.165) is 5.56 Å². The van der Waals surface area contributed by atoms with Crippen molar-refractivity contribution in [2.75, 3.05) is 13.7 Å². The van der Waals surface area contributed by atoms with E-state index in [-0.39, 0.29) is 17.5 Å². The maximum Gasteiger partial charge on any atom is 0.337 e. The van der Waals surface area contributed by atoms with Crippen molar-refractivity contribution in [2.24, 2.45) is 5.14 Å². The molecule has 3 aromatic rings. The number of nitrogens with two attached hydrogens (primary N) is 1. The summed E-state index contributed by atoms with van der Waals surface area (Å²) >= 11 is 0. The number of primary sulfonamides is 1. The van der Waals surface area contributed by atoms with Crippen LogP contribution in [0.4, 0.5) is 0 Å². The van der Waals surface area contributed by atoms with Gasteiger partial charge < -0.3 is 9.47 Å². The maximum absolute atomic E-state index is 11.4. The van der Waals surface area contributed by atoms with Crippen LogP contribution in [0.5, 0.6) is 11.8 Å². The van der Waals surface area contributed by atoms with Gasteiger partial charge in [0.1, 0.15) is 11.8 Å². The van der Waals surface area contributed by atoms with Gasteiger partial charge in [0.05, 0.1) is 17.7 Å². The smallest absolute Gasteiger partial charge is 0.337 e. The van der Waals surface area contributed by atoms with Gasteiger partial charge in [-0.1, -0.05) is 0 Å². The monoisotopic (exact) mass is 385 g/mol. The van der Waals surface area contributed by atoms with E-state index in [1.54, 1.807) is 43.5 Å². The highest BCUT2D eigenvalue weighted by Gasteiger charge is 2.16. The maximum atomic E-state index is 11.4. The number of sulfonamides is 1. The van der Waals surface area contributed by atoms with Gasteiger partial charge in [-0.05, 0) is 48.5 Å². The van der Waals surface area contributed by atoms with E-state index in [2.05, 4.69) is 10.1 Å². The van der Waals surface area contributed by atoms with Crippen molar-refractivity contribution >= 4 is 10.0 Å². The summed E-state index contributed by atoms with van der Waals surface area (Å²) < 4.78 is 34.7. The predicted octanol–water partition coefficient (Wildman–Crippen LogP) is 1.49. The molecule has 1 heterocycles. The third kappa shape index (κ3) is 4.05. The molecule has 0 radical (unpaired) electrons. The van der Waals surface area contributed by atoms with E-state index in [9.17, 15) is 8.42 Å². The Labute approximate surface area is 155 Å². The number of hydrogen-bond donors (Lipinski definition) is 1. The Morgan fingerprint density at radius 3 is 2.37 bits per heavy atom. The van der Waals surface area contributed by atoms with E-state index in [0.29, 0.717) is 17.3 Å². The highest BCUT2D eigenvalue weighted by Crippen LogP contribution is 2.26. The molecule has 0 atom stereocenters. The van der Waals surface area contributed by atoms with Crippen molar-refractivity contribution in [1.82, 2.24) is 14.8 Å². The van der Waals surface area contributed by atoms with Gasteiger partial charge >= 0.3 is 6.01 Å². The number of hydrogen-bond acceptors (Lipinski definition) is 7. The Balaban J connectivity index is 2.07. The molecular formula is C17H15N5O4S. The first kappa shape index (κ1) is 18.4. The molecule has 0 amide bonds. The molecule has 0 aliphatic heterocycles. The van der Waals surface area contributed by atoms with E-state index in [1.165, 1.54) is 16.8 Å². The van der Waals surface area contributed by atoms with Gasteiger partial charge in [0, 0.05) is 5.56 Å². The van der Waals surface area contributed by atoms with Gasteiger partial charge in [-0.3, -0.25) is 0 Å². The number of rotatable bonds is 6. The number of benzene rings is 2. The van der Waals surface area contributed by atoms with Crippen LogP contribution in [-0.2, 0) is 10.0 Å². The summed E-state index contributed by atoms with van der Waals surface area (Å²) in [6.45, 7) is -0.198. The standard InChI is InChI=1S/C17H15N5O4S/c1-25-14-6-2-12(3-7-14)16-20-17(26-11-10-18)21-22(16)13-4-8-15(9-5-13)27(19,23)24/h2-9H,11H2,1H3,(H2,19,23,24). The van der Waals surface area contributed by atoms with Gasteiger partial charge in [-0.2, -0.15) is 10.2 Å². The van der Waals surface area contributed by atoms with E-state index >= 15 is 0 Å². The summed E-state index contributed by atoms with van der Waals surface area (Å²) in [4.78, 5) is 4.30. The van der Waals surface area contributed by atoms with Gasteiger partial charge in [0.2, 0.25) is 10.0 Å². The lowest BCUT2D eigenvalue weighted by Gasteiger charge is -2.07. The zero-order valence-corrected chi connectivity index (χ0v) is 15.0. The van der Waals surface area contributed by atoms with Crippen LogP contribution < -0.4 is 14.6 Å².